The van der Waals surface area contributed by atoms with Gasteiger partial charge in [-0.05, 0) is 29.8 Å². The third-order valence-electron chi connectivity index (χ3n) is 5.00. The molecule has 0 fully saturated rings. The van der Waals surface area contributed by atoms with Gasteiger partial charge in [0.05, 0.1) is 54.7 Å². The Labute approximate surface area is 216 Å². The number of aliphatic imine (C=N–C) groups is 1. The molecule has 0 bridgehead atoms. The zero-order valence-corrected chi connectivity index (χ0v) is 20.6. The Morgan fingerprint density at radius 3 is 2.59 bits per heavy atom. The molecule has 37 heavy (non-hydrogen) atoms. The van der Waals surface area contributed by atoms with Gasteiger partial charge < -0.3 is 31.5 Å². The first-order valence-electron chi connectivity index (χ1n) is 10.8. The van der Waals surface area contributed by atoms with Crippen LogP contribution in [0, 0.1) is 0 Å². The van der Waals surface area contributed by atoms with E-state index in [1.165, 1.54) is 24.5 Å². The van der Waals surface area contributed by atoms with Gasteiger partial charge in [0.2, 0.25) is 5.91 Å². The van der Waals surface area contributed by atoms with E-state index in [1.807, 2.05) is 0 Å². The number of carbonyl (C=O) groups is 3. The van der Waals surface area contributed by atoms with Crippen LogP contribution in [-0.2, 0) is 15.8 Å². The van der Waals surface area contributed by atoms with Crippen molar-refractivity contribution in [3.8, 4) is 0 Å². The number of carboxylic acid groups (broad SMARTS) is 1. The van der Waals surface area contributed by atoms with Crippen LogP contribution >= 0.6 is 15.9 Å². The van der Waals surface area contributed by atoms with Crippen molar-refractivity contribution in [3.63, 3.8) is 0 Å². The number of amides is 2. The van der Waals surface area contributed by atoms with Crippen molar-refractivity contribution in [2.75, 3.05) is 25.0 Å². The molecule has 15 heteroatoms. The second-order valence-electron chi connectivity index (χ2n) is 7.98. The van der Waals surface area contributed by atoms with Crippen LogP contribution in [0.5, 0.6) is 0 Å². The fourth-order valence-electron chi connectivity index (χ4n) is 3.30. The molecular weight excluding hydrogens is 565 g/mol. The number of halogens is 4. The molecule has 1 unspecified atom stereocenters. The Morgan fingerprint density at radius 1 is 1.19 bits per heavy atom. The van der Waals surface area contributed by atoms with Crippen molar-refractivity contribution in [1.29, 1.82) is 0 Å². The first kappa shape index (κ1) is 27.9. The zero-order chi connectivity index (χ0) is 27.2. The van der Waals surface area contributed by atoms with Crippen LogP contribution < -0.4 is 21.3 Å². The van der Waals surface area contributed by atoms with Gasteiger partial charge in [0.1, 0.15) is 0 Å². The number of carboxylic acids is 1. The molecule has 0 radical (unpaired) electrons. The summed E-state index contributed by atoms with van der Waals surface area (Å²) >= 11 is 2.97. The minimum absolute atomic E-state index is 0.0572. The average molecular weight is 587 g/mol. The maximum atomic E-state index is 13.2. The summed E-state index contributed by atoms with van der Waals surface area (Å²) in [7, 11) is 0. The number of pyridine rings is 1. The normalized spacial score (nSPS) is 16.1. The van der Waals surface area contributed by atoms with E-state index in [2.05, 4.69) is 47.2 Å². The van der Waals surface area contributed by atoms with Gasteiger partial charge in [-0.3, -0.25) is 24.4 Å². The first-order chi connectivity index (χ1) is 17.4. The maximum absolute atomic E-state index is 13.2. The molecule has 2 heterocycles. The average Bonchev–Trinajstić information content (AvgIpc) is 2.82. The van der Waals surface area contributed by atoms with Gasteiger partial charge in [-0.25, -0.2) is 0 Å². The van der Waals surface area contributed by atoms with E-state index in [-0.39, 0.29) is 22.1 Å². The molecule has 6 N–H and O–H groups in total. The van der Waals surface area contributed by atoms with Gasteiger partial charge in [0.15, 0.2) is 5.96 Å². The van der Waals surface area contributed by atoms with Gasteiger partial charge >= 0.3 is 12.1 Å². The molecule has 1 aromatic heterocycles. The minimum atomic E-state index is -4.68. The fraction of sp³-hybridized carbons (Fsp3) is 0.318. The van der Waals surface area contributed by atoms with Crippen molar-refractivity contribution >= 4 is 45.4 Å². The molecule has 2 atom stereocenters. The second kappa shape index (κ2) is 12.0. The number of aliphatic carboxylic acids is 1. The Hall–Kier alpha value is -3.72. The summed E-state index contributed by atoms with van der Waals surface area (Å²) in [5.41, 5.74) is -0.575. The monoisotopic (exact) mass is 586 g/mol. The molecule has 1 aromatic carbocycles. The van der Waals surface area contributed by atoms with Crippen molar-refractivity contribution in [3.05, 3.63) is 57.8 Å². The number of aromatic nitrogens is 1. The van der Waals surface area contributed by atoms with Crippen molar-refractivity contribution in [2.45, 2.75) is 24.7 Å². The summed E-state index contributed by atoms with van der Waals surface area (Å²) in [6, 6.07) is 3.03. The Balaban J connectivity index is 1.64. The number of aliphatic hydroxyl groups is 1. The molecule has 11 nitrogen and oxygen atoms in total. The lowest BCUT2D eigenvalue weighted by Crippen LogP contribution is -2.42. The van der Waals surface area contributed by atoms with E-state index >= 15 is 0 Å². The molecular formula is C22H22BrF3N6O5. The summed E-state index contributed by atoms with van der Waals surface area (Å²) in [4.78, 5) is 44.3. The Kier molecular flexibility index (Phi) is 9.04. The SMILES string of the molecule is O=C(O)C[C@H](NC(=O)CNC(=O)c1cncc(NC2=NCC(O)CN2)c1)c1cc(Br)cc(C(F)(F)F)c1. The number of anilines is 1. The largest absolute Gasteiger partial charge is 0.481 e. The molecule has 2 aromatic rings. The lowest BCUT2D eigenvalue weighted by Gasteiger charge is -2.20. The third-order valence-corrected chi connectivity index (χ3v) is 5.46. The Morgan fingerprint density at radius 2 is 1.95 bits per heavy atom. The second-order valence-corrected chi connectivity index (χ2v) is 8.90. The number of alkyl halides is 3. The summed E-state index contributed by atoms with van der Waals surface area (Å²) < 4.78 is 39.6. The van der Waals surface area contributed by atoms with Crippen LogP contribution in [0.3, 0.4) is 0 Å². The Bertz CT molecular complexity index is 1210. The van der Waals surface area contributed by atoms with Crippen LogP contribution in [0.15, 0.2) is 46.1 Å². The molecule has 3 rings (SSSR count). The van der Waals surface area contributed by atoms with Crippen LogP contribution in [0.2, 0.25) is 0 Å². The molecule has 0 aliphatic carbocycles. The number of carbonyl (C=O) groups excluding carboxylic acids is 2. The van der Waals surface area contributed by atoms with E-state index in [1.54, 1.807) is 0 Å². The number of guanidine groups is 1. The number of benzene rings is 1. The highest BCUT2D eigenvalue weighted by Gasteiger charge is 2.32. The number of hydrogen-bond donors (Lipinski definition) is 6. The van der Waals surface area contributed by atoms with E-state index in [0.29, 0.717) is 18.2 Å². The predicted molar refractivity (Wildman–Crippen MR) is 129 cm³/mol. The number of aliphatic hydroxyl groups excluding tert-OH is 1. The zero-order valence-electron chi connectivity index (χ0n) is 19.0. The topological polar surface area (TPSA) is 165 Å². The van der Waals surface area contributed by atoms with Crippen LogP contribution in [0.4, 0.5) is 18.9 Å². The maximum Gasteiger partial charge on any atom is 0.416 e. The number of rotatable bonds is 8. The van der Waals surface area contributed by atoms with Crippen molar-refractivity contribution in [1.82, 2.24) is 20.9 Å². The number of nitrogens with zero attached hydrogens (tertiary/aromatic N) is 2. The van der Waals surface area contributed by atoms with E-state index in [4.69, 9.17) is 0 Å². The standard InChI is InChI=1S/C22H22BrF3N6O5/c23-14-2-11(1-13(4-14)22(24,25)26)17(5-19(35)36)32-18(34)10-28-20(37)12-3-15(7-27-6-12)31-21-29-8-16(33)9-30-21/h1-4,6-7,16-17,33H,5,8-10H2,(H,28,37)(H,32,34)(H,35,36)(H2,29,30,31)/t17-/m0/s1. The number of β-amino-alcohol motifs (C(OH)–C–C–N with tert-alkyl or cyclic N) is 1. The van der Waals surface area contributed by atoms with Gasteiger partial charge in [0.25, 0.3) is 5.91 Å². The first-order valence-corrected chi connectivity index (χ1v) is 11.6. The number of hydrogen-bond acceptors (Lipinski definition) is 8. The quantitative estimate of drug-likeness (QED) is 0.272. The highest BCUT2D eigenvalue weighted by Crippen LogP contribution is 2.34. The van der Waals surface area contributed by atoms with E-state index in [9.17, 15) is 37.8 Å². The molecule has 1 aliphatic rings. The highest BCUT2D eigenvalue weighted by atomic mass is 79.9. The predicted octanol–water partition coefficient (Wildman–Crippen LogP) is 1.66. The lowest BCUT2D eigenvalue weighted by atomic mass is 10.0. The van der Waals surface area contributed by atoms with Crippen LogP contribution in [0.25, 0.3) is 0 Å². The van der Waals surface area contributed by atoms with Gasteiger partial charge in [0, 0.05) is 17.2 Å². The molecule has 0 spiro atoms. The fourth-order valence-corrected chi connectivity index (χ4v) is 3.81. The summed E-state index contributed by atoms with van der Waals surface area (Å²) in [6.45, 7) is -0.0634. The smallest absolute Gasteiger partial charge is 0.416 e. The van der Waals surface area contributed by atoms with E-state index < -0.39 is 54.6 Å². The van der Waals surface area contributed by atoms with Crippen molar-refractivity contribution < 1.29 is 37.8 Å². The summed E-state index contributed by atoms with van der Waals surface area (Å²) in [5.74, 6) is -2.44. The lowest BCUT2D eigenvalue weighted by molar-refractivity contribution is -0.138. The molecule has 0 saturated carbocycles. The van der Waals surface area contributed by atoms with Gasteiger partial charge in [-0.15, -0.1) is 0 Å². The molecule has 1 aliphatic heterocycles. The van der Waals surface area contributed by atoms with Gasteiger partial charge in [-0.1, -0.05) is 15.9 Å². The molecule has 198 valence electrons. The third kappa shape index (κ3) is 8.42. The summed E-state index contributed by atoms with van der Waals surface area (Å²) in [5, 5.41) is 29.1. The van der Waals surface area contributed by atoms with E-state index in [0.717, 1.165) is 12.1 Å². The number of nitrogens with one attached hydrogen (secondary N) is 4. The minimum Gasteiger partial charge on any atom is -0.481 e. The molecule has 2 amide bonds. The van der Waals surface area contributed by atoms with Crippen molar-refractivity contribution in [2.24, 2.45) is 4.99 Å². The van der Waals surface area contributed by atoms with Gasteiger partial charge in [-0.2, -0.15) is 13.2 Å². The van der Waals surface area contributed by atoms with Crippen LogP contribution in [-0.4, -0.2) is 64.7 Å². The highest BCUT2D eigenvalue weighted by molar-refractivity contribution is 9.10. The summed E-state index contributed by atoms with van der Waals surface area (Å²) in [6.07, 6.45) is -3.27. The molecule has 0 saturated heterocycles. The van der Waals surface area contributed by atoms with Crippen LogP contribution in [0.1, 0.15) is 33.9 Å².